The molecule has 0 spiro atoms. The summed E-state index contributed by atoms with van der Waals surface area (Å²) >= 11 is 0. The molecule has 1 aliphatic heterocycles. The minimum absolute atomic E-state index is 0.284. The van der Waals surface area contributed by atoms with Crippen molar-refractivity contribution in [3.8, 4) is 0 Å². The number of hydrogen-bond donors (Lipinski definition) is 0. The summed E-state index contributed by atoms with van der Waals surface area (Å²) in [5.41, 5.74) is 2.68. The van der Waals surface area contributed by atoms with E-state index in [-0.39, 0.29) is 6.10 Å². The Morgan fingerprint density at radius 2 is 1.96 bits per heavy atom. The molecule has 1 saturated heterocycles. The van der Waals surface area contributed by atoms with Crippen molar-refractivity contribution in [3.05, 3.63) is 59.4 Å². The van der Waals surface area contributed by atoms with Crippen LogP contribution in [-0.2, 0) is 14.6 Å². The third-order valence-corrected chi connectivity index (χ3v) is 7.86. The van der Waals surface area contributed by atoms with E-state index in [1.54, 1.807) is 12.1 Å². The van der Waals surface area contributed by atoms with Crippen molar-refractivity contribution < 1.29 is 13.2 Å². The summed E-state index contributed by atoms with van der Waals surface area (Å²) in [7, 11) is -3.46. The molecule has 2 atom stereocenters. The van der Waals surface area contributed by atoms with Crippen LogP contribution in [0.2, 0.25) is 0 Å². The van der Waals surface area contributed by atoms with Crippen molar-refractivity contribution in [1.29, 1.82) is 0 Å². The van der Waals surface area contributed by atoms with E-state index in [1.165, 1.54) is 0 Å². The Kier molecular flexibility index (Phi) is 4.98. The smallest absolute Gasteiger partial charge is 0.184 e. The summed E-state index contributed by atoms with van der Waals surface area (Å²) in [5.74, 6) is 0. The molecule has 2 unspecified atom stereocenters. The molecule has 0 N–H and O–H groups in total. The quantitative estimate of drug-likeness (QED) is 0.822. The van der Waals surface area contributed by atoms with Gasteiger partial charge in [0.2, 0.25) is 0 Å². The fourth-order valence-corrected chi connectivity index (χ4v) is 5.81. The molecule has 0 amide bonds. The van der Waals surface area contributed by atoms with Crippen LogP contribution < -0.4 is 0 Å². The zero-order valence-corrected chi connectivity index (χ0v) is 15.8. The van der Waals surface area contributed by atoms with Crippen molar-refractivity contribution in [2.24, 2.45) is 0 Å². The predicted molar refractivity (Wildman–Crippen MR) is 98.3 cm³/mol. The summed E-state index contributed by atoms with van der Waals surface area (Å²) in [6.45, 7) is 6.24. The van der Waals surface area contributed by atoms with Crippen LogP contribution in [-0.4, -0.2) is 24.8 Å². The van der Waals surface area contributed by atoms with Gasteiger partial charge < -0.3 is 4.74 Å². The minimum Gasteiger partial charge on any atom is -0.372 e. The van der Waals surface area contributed by atoms with Gasteiger partial charge in [-0.15, -0.1) is 0 Å². The molecule has 0 saturated carbocycles. The van der Waals surface area contributed by atoms with Crippen LogP contribution in [0.3, 0.4) is 0 Å². The standard InChI is InChI=1S/C20H25NO3S/c1-4-20(25(22,23)17-9-5-7-15(2)13-17)11-12-24-19(14-20)18-10-6-8-16(3)21-18/h5-10,13,19H,4,11-12,14H2,1-3H3. The monoisotopic (exact) mass is 359 g/mol. The van der Waals surface area contributed by atoms with Crippen molar-refractivity contribution >= 4 is 9.84 Å². The highest BCUT2D eigenvalue weighted by atomic mass is 32.2. The highest BCUT2D eigenvalue weighted by Crippen LogP contribution is 2.43. The fourth-order valence-electron chi connectivity index (χ4n) is 3.61. The van der Waals surface area contributed by atoms with Crippen LogP contribution in [0.5, 0.6) is 0 Å². The SMILES string of the molecule is CCC1(S(=O)(=O)c2cccc(C)c2)CCOC(c2cccc(C)n2)C1. The number of aryl methyl sites for hydroxylation is 2. The number of benzene rings is 1. The van der Waals surface area contributed by atoms with Gasteiger partial charge in [0.1, 0.15) is 6.10 Å². The molecule has 1 fully saturated rings. The zero-order chi connectivity index (χ0) is 18.1. The van der Waals surface area contributed by atoms with E-state index in [2.05, 4.69) is 4.98 Å². The molecule has 1 aromatic heterocycles. The van der Waals surface area contributed by atoms with Gasteiger partial charge in [0.15, 0.2) is 9.84 Å². The number of hydrogen-bond acceptors (Lipinski definition) is 4. The van der Waals surface area contributed by atoms with Gasteiger partial charge in [0.25, 0.3) is 0 Å². The molecular weight excluding hydrogens is 334 g/mol. The molecule has 1 aromatic carbocycles. The van der Waals surface area contributed by atoms with Gasteiger partial charge in [-0.3, -0.25) is 4.98 Å². The van der Waals surface area contributed by atoms with Gasteiger partial charge in [-0.2, -0.15) is 0 Å². The molecule has 25 heavy (non-hydrogen) atoms. The molecule has 2 heterocycles. The number of rotatable bonds is 4. The van der Waals surface area contributed by atoms with Crippen molar-refractivity contribution in [2.45, 2.75) is 55.8 Å². The molecule has 1 aliphatic rings. The number of ether oxygens (including phenoxy) is 1. The summed E-state index contributed by atoms with van der Waals surface area (Å²) in [5, 5.41) is 0. The third-order valence-electron chi connectivity index (χ3n) is 5.19. The van der Waals surface area contributed by atoms with E-state index in [4.69, 9.17) is 4.74 Å². The molecule has 0 bridgehead atoms. The van der Waals surface area contributed by atoms with Gasteiger partial charge in [-0.1, -0.05) is 25.1 Å². The van der Waals surface area contributed by atoms with E-state index in [0.717, 1.165) is 17.0 Å². The highest BCUT2D eigenvalue weighted by molar-refractivity contribution is 7.92. The van der Waals surface area contributed by atoms with Crippen LogP contribution in [0, 0.1) is 13.8 Å². The van der Waals surface area contributed by atoms with E-state index >= 15 is 0 Å². The molecule has 3 rings (SSSR count). The Bertz CT molecular complexity index is 863. The summed E-state index contributed by atoms with van der Waals surface area (Å²) < 4.78 is 32.0. The molecular formula is C20H25NO3S. The first-order valence-electron chi connectivity index (χ1n) is 8.74. The molecule has 0 radical (unpaired) electrons. The summed E-state index contributed by atoms with van der Waals surface area (Å²) in [4.78, 5) is 4.96. The Morgan fingerprint density at radius 1 is 1.20 bits per heavy atom. The third kappa shape index (κ3) is 3.35. The maximum atomic E-state index is 13.5. The topological polar surface area (TPSA) is 56.3 Å². The summed E-state index contributed by atoms with van der Waals surface area (Å²) in [6, 6.07) is 13.0. The number of aromatic nitrogens is 1. The largest absolute Gasteiger partial charge is 0.372 e. The number of sulfone groups is 1. The lowest BCUT2D eigenvalue weighted by Crippen LogP contribution is -2.44. The maximum Gasteiger partial charge on any atom is 0.184 e. The van der Waals surface area contributed by atoms with Gasteiger partial charge in [0.05, 0.1) is 15.3 Å². The van der Waals surface area contributed by atoms with Gasteiger partial charge >= 0.3 is 0 Å². The number of nitrogens with zero attached hydrogens (tertiary/aromatic N) is 1. The van der Waals surface area contributed by atoms with Gasteiger partial charge in [-0.05, 0) is 62.9 Å². The van der Waals surface area contributed by atoms with Crippen molar-refractivity contribution in [3.63, 3.8) is 0 Å². The van der Waals surface area contributed by atoms with E-state index in [0.29, 0.717) is 30.8 Å². The first kappa shape index (κ1) is 18.1. The second-order valence-corrected chi connectivity index (χ2v) is 9.22. The normalized spacial score (nSPS) is 24.2. The lowest BCUT2D eigenvalue weighted by Gasteiger charge is -2.39. The Hall–Kier alpha value is -1.72. The van der Waals surface area contributed by atoms with E-state index < -0.39 is 14.6 Å². The lowest BCUT2D eigenvalue weighted by molar-refractivity contribution is -0.00622. The second kappa shape index (κ2) is 6.89. The van der Waals surface area contributed by atoms with Crippen LogP contribution in [0.15, 0.2) is 47.4 Å². The first-order valence-corrected chi connectivity index (χ1v) is 10.2. The van der Waals surface area contributed by atoms with Crippen molar-refractivity contribution in [2.75, 3.05) is 6.61 Å². The zero-order valence-electron chi connectivity index (χ0n) is 15.0. The first-order chi connectivity index (χ1) is 11.9. The fraction of sp³-hybridized carbons (Fsp3) is 0.450. The molecule has 2 aromatic rings. The van der Waals surface area contributed by atoms with Gasteiger partial charge in [0, 0.05) is 12.3 Å². The lowest BCUT2D eigenvalue weighted by atomic mass is 9.90. The van der Waals surface area contributed by atoms with Gasteiger partial charge in [-0.25, -0.2) is 8.42 Å². The average molecular weight is 359 g/mol. The Morgan fingerprint density at radius 3 is 2.64 bits per heavy atom. The van der Waals surface area contributed by atoms with Crippen LogP contribution in [0.4, 0.5) is 0 Å². The maximum absolute atomic E-state index is 13.5. The Balaban J connectivity index is 1.99. The van der Waals surface area contributed by atoms with Crippen LogP contribution >= 0.6 is 0 Å². The van der Waals surface area contributed by atoms with Crippen LogP contribution in [0.25, 0.3) is 0 Å². The molecule has 5 heteroatoms. The second-order valence-electron chi connectivity index (χ2n) is 6.87. The Labute approximate surface area is 150 Å². The molecule has 134 valence electrons. The van der Waals surface area contributed by atoms with Crippen molar-refractivity contribution in [1.82, 2.24) is 4.98 Å². The van der Waals surface area contributed by atoms with E-state index in [9.17, 15) is 8.42 Å². The number of pyridine rings is 1. The van der Waals surface area contributed by atoms with Crippen LogP contribution in [0.1, 0.15) is 49.2 Å². The average Bonchev–Trinajstić information content (AvgIpc) is 2.61. The molecule has 0 aliphatic carbocycles. The highest BCUT2D eigenvalue weighted by Gasteiger charge is 2.47. The summed E-state index contributed by atoms with van der Waals surface area (Å²) in [6.07, 6.45) is 1.24. The molecule has 4 nitrogen and oxygen atoms in total. The predicted octanol–water partition coefficient (Wildman–Crippen LogP) is 4.17. The van der Waals surface area contributed by atoms with E-state index in [1.807, 2.05) is 51.1 Å². The minimum atomic E-state index is -3.46.